The fraction of sp³-hybridized carbons (Fsp3) is 0.0476. The summed E-state index contributed by atoms with van der Waals surface area (Å²) < 4.78 is 5.95. The van der Waals surface area contributed by atoms with Crippen LogP contribution < -0.4 is 15.4 Å². The van der Waals surface area contributed by atoms with Crippen molar-refractivity contribution in [1.29, 1.82) is 0 Å². The quantitative estimate of drug-likeness (QED) is 0.647. The molecule has 0 atom stereocenters. The van der Waals surface area contributed by atoms with Crippen LogP contribution in [0.2, 0.25) is 0 Å². The summed E-state index contributed by atoms with van der Waals surface area (Å²) in [6.07, 6.45) is 0. The standard InChI is InChI=1S/C21H18N2O2S/c1-15-9-8-14-18(25-17-12-6-3-7-13-17)19(15)22-21(26)23-20(24)16-10-4-2-5-11-16/h2-14H,1H3,(H2,22,23,24,26). The second kappa shape index (κ2) is 8.27. The molecule has 3 rings (SSSR count). The van der Waals surface area contributed by atoms with Crippen LogP contribution in [0.15, 0.2) is 78.9 Å². The molecule has 0 aromatic heterocycles. The van der Waals surface area contributed by atoms with Crippen LogP contribution in [0.4, 0.5) is 5.69 Å². The third-order valence-corrected chi connectivity index (χ3v) is 3.91. The molecule has 0 heterocycles. The molecule has 130 valence electrons. The number of hydrogen-bond acceptors (Lipinski definition) is 3. The van der Waals surface area contributed by atoms with Gasteiger partial charge in [-0.1, -0.05) is 48.5 Å². The fourth-order valence-electron chi connectivity index (χ4n) is 2.41. The molecule has 3 aromatic carbocycles. The van der Waals surface area contributed by atoms with Gasteiger partial charge >= 0.3 is 0 Å². The highest BCUT2D eigenvalue weighted by atomic mass is 32.1. The third kappa shape index (κ3) is 4.46. The lowest BCUT2D eigenvalue weighted by molar-refractivity contribution is 0.0977. The summed E-state index contributed by atoms with van der Waals surface area (Å²) in [6, 6.07) is 24.1. The lowest BCUT2D eigenvalue weighted by Gasteiger charge is -2.16. The van der Waals surface area contributed by atoms with Crippen molar-refractivity contribution in [1.82, 2.24) is 5.32 Å². The Morgan fingerprint density at radius 3 is 2.23 bits per heavy atom. The van der Waals surface area contributed by atoms with E-state index in [4.69, 9.17) is 17.0 Å². The number of nitrogens with one attached hydrogen (secondary N) is 2. The van der Waals surface area contributed by atoms with Crippen molar-refractivity contribution < 1.29 is 9.53 Å². The van der Waals surface area contributed by atoms with E-state index in [-0.39, 0.29) is 11.0 Å². The van der Waals surface area contributed by atoms with Gasteiger partial charge in [0.25, 0.3) is 5.91 Å². The zero-order chi connectivity index (χ0) is 18.4. The Labute approximate surface area is 157 Å². The molecule has 0 bridgehead atoms. The number of hydrogen-bond donors (Lipinski definition) is 2. The number of benzene rings is 3. The smallest absolute Gasteiger partial charge is 0.257 e. The average molecular weight is 362 g/mol. The van der Waals surface area contributed by atoms with Gasteiger partial charge in [-0.05, 0) is 55.0 Å². The first kappa shape index (κ1) is 17.6. The van der Waals surface area contributed by atoms with E-state index in [0.29, 0.717) is 11.3 Å². The van der Waals surface area contributed by atoms with Crippen molar-refractivity contribution in [3.8, 4) is 11.5 Å². The SMILES string of the molecule is Cc1cccc(Oc2ccccc2)c1NC(=S)NC(=O)c1ccccc1. The van der Waals surface area contributed by atoms with Crippen LogP contribution in [0.1, 0.15) is 15.9 Å². The van der Waals surface area contributed by atoms with Crippen LogP contribution >= 0.6 is 12.2 Å². The summed E-state index contributed by atoms with van der Waals surface area (Å²) in [5.41, 5.74) is 2.21. The van der Waals surface area contributed by atoms with E-state index < -0.39 is 0 Å². The summed E-state index contributed by atoms with van der Waals surface area (Å²) in [7, 11) is 0. The molecule has 4 nitrogen and oxygen atoms in total. The summed E-state index contributed by atoms with van der Waals surface area (Å²) in [4.78, 5) is 12.2. The number of thiocarbonyl (C=S) groups is 1. The van der Waals surface area contributed by atoms with Gasteiger partial charge in [-0.2, -0.15) is 0 Å². The molecule has 1 amide bonds. The van der Waals surface area contributed by atoms with Crippen molar-refractivity contribution in [2.24, 2.45) is 0 Å². The van der Waals surface area contributed by atoms with Crippen LogP contribution in [0, 0.1) is 6.92 Å². The van der Waals surface area contributed by atoms with E-state index in [9.17, 15) is 4.79 Å². The van der Waals surface area contributed by atoms with Gasteiger partial charge in [-0.15, -0.1) is 0 Å². The Morgan fingerprint density at radius 2 is 1.54 bits per heavy atom. The van der Waals surface area contributed by atoms with Gasteiger partial charge in [0.15, 0.2) is 10.9 Å². The van der Waals surface area contributed by atoms with E-state index in [1.807, 2.05) is 61.5 Å². The van der Waals surface area contributed by atoms with Gasteiger partial charge < -0.3 is 10.1 Å². The number of amides is 1. The van der Waals surface area contributed by atoms with Crippen molar-refractivity contribution in [3.05, 3.63) is 90.0 Å². The molecule has 0 aliphatic carbocycles. The first-order valence-electron chi connectivity index (χ1n) is 8.13. The molecular formula is C21H18N2O2S. The second-order valence-corrected chi connectivity index (χ2v) is 6.05. The molecule has 2 N–H and O–H groups in total. The van der Waals surface area contributed by atoms with Crippen molar-refractivity contribution >= 4 is 28.9 Å². The molecule has 0 saturated heterocycles. The molecule has 26 heavy (non-hydrogen) atoms. The van der Waals surface area contributed by atoms with Gasteiger partial charge in [0, 0.05) is 5.56 Å². The molecule has 0 saturated carbocycles. The van der Waals surface area contributed by atoms with E-state index >= 15 is 0 Å². The van der Waals surface area contributed by atoms with E-state index in [1.54, 1.807) is 24.3 Å². The Bertz CT molecular complexity index is 912. The minimum absolute atomic E-state index is 0.214. The third-order valence-electron chi connectivity index (χ3n) is 3.71. The van der Waals surface area contributed by atoms with Gasteiger partial charge in [0.2, 0.25) is 0 Å². The van der Waals surface area contributed by atoms with Crippen molar-refractivity contribution in [3.63, 3.8) is 0 Å². The van der Waals surface area contributed by atoms with Gasteiger partial charge in [-0.3, -0.25) is 10.1 Å². The summed E-state index contributed by atoms with van der Waals surface area (Å²) in [5, 5.41) is 5.98. The molecule has 3 aromatic rings. The summed E-state index contributed by atoms with van der Waals surface area (Å²) in [5.74, 6) is 1.09. The topological polar surface area (TPSA) is 50.4 Å². The number of ether oxygens (including phenoxy) is 1. The predicted octanol–water partition coefficient (Wildman–Crippen LogP) is 4.91. The number of para-hydroxylation sites is 2. The Balaban J connectivity index is 1.74. The molecule has 0 fully saturated rings. The number of rotatable bonds is 4. The fourth-order valence-corrected chi connectivity index (χ4v) is 2.61. The number of carbonyl (C=O) groups excluding carboxylic acids is 1. The molecule has 0 radical (unpaired) electrons. The van der Waals surface area contributed by atoms with E-state index in [1.165, 1.54) is 0 Å². The maximum atomic E-state index is 12.2. The predicted molar refractivity (Wildman–Crippen MR) is 108 cm³/mol. The highest BCUT2D eigenvalue weighted by Gasteiger charge is 2.12. The maximum absolute atomic E-state index is 12.2. The van der Waals surface area contributed by atoms with Gasteiger partial charge in [0.1, 0.15) is 5.75 Å². The second-order valence-electron chi connectivity index (χ2n) is 5.64. The first-order chi connectivity index (χ1) is 12.6. The molecule has 0 unspecified atom stereocenters. The van der Waals surface area contributed by atoms with Crippen LogP contribution in [-0.4, -0.2) is 11.0 Å². The van der Waals surface area contributed by atoms with Crippen LogP contribution in [0.5, 0.6) is 11.5 Å². The Hall–Kier alpha value is -3.18. The van der Waals surface area contributed by atoms with Crippen LogP contribution in [0.3, 0.4) is 0 Å². The first-order valence-corrected chi connectivity index (χ1v) is 8.54. The zero-order valence-corrected chi connectivity index (χ0v) is 15.0. The molecule has 0 aliphatic rings. The lowest BCUT2D eigenvalue weighted by Crippen LogP contribution is -2.34. The Morgan fingerprint density at radius 1 is 0.885 bits per heavy atom. The summed E-state index contributed by atoms with van der Waals surface area (Å²) in [6.45, 7) is 1.95. The lowest BCUT2D eigenvalue weighted by atomic mass is 10.2. The highest BCUT2D eigenvalue weighted by molar-refractivity contribution is 7.80. The number of anilines is 1. The van der Waals surface area contributed by atoms with Crippen LogP contribution in [-0.2, 0) is 0 Å². The Kier molecular flexibility index (Phi) is 5.61. The number of aryl methyl sites for hydroxylation is 1. The van der Waals surface area contributed by atoms with Gasteiger partial charge in [0.05, 0.1) is 5.69 Å². The largest absolute Gasteiger partial charge is 0.455 e. The van der Waals surface area contributed by atoms with Crippen LogP contribution in [0.25, 0.3) is 0 Å². The molecule has 0 spiro atoms. The van der Waals surface area contributed by atoms with Gasteiger partial charge in [-0.25, -0.2) is 0 Å². The number of carbonyl (C=O) groups is 1. The normalized spacial score (nSPS) is 10.0. The zero-order valence-electron chi connectivity index (χ0n) is 14.2. The minimum atomic E-state index is -0.262. The van der Waals surface area contributed by atoms with E-state index in [2.05, 4.69) is 10.6 Å². The monoisotopic (exact) mass is 362 g/mol. The molecular weight excluding hydrogens is 344 g/mol. The molecule has 0 aliphatic heterocycles. The summed E-state index contributed by atoms with van der Waals surface area (Å²) >= 11 is 5.30. The average Bonchev–Trinajstić information content (AvgIpc) is 2.66. The van der Waals surface area contributed by atoms with Crippen molar-refractivity contribution in [2.75, 3.05) is 5.32 Å². The maximum Gasteiger partial charge on any atom is 0.257 e. The highest BCUT2D eigenvalue weighted by Crippen LogP contribution is 2.32. The van der Waals surface area contributed by atoms with E-state index in [0.717, 1.165) is 17.0 Å². The minimum Gasteiger partial charge on any atom is -0.455 e. The molecule has 5 heteroatoms. The van der Waals surface area contributed by atoms with Crippen molar-refractivity contribution in [2.45, 2.75) is 6.92 Å².